The lowest BCUT2D eigenvalue weighted by Crippen LogP contribution is -1.95. The van der Waals surface area contributed by atoms with E-state index in [-0.39, 0.29) is 0 Å². The molecule has 9 aromatic rings. The Morgan fingerprint density at radius 2 is 1.14 bits per heavy atom. The third-order valence-electron chi connectivity index (χ3n) is 8.41. The number of hydrogen-bond acceptors (Lipinski definition) is 3. The van der Waals surface area contributed by atoms with Gasteiger partial charge in [0.2, 0.25) is 0 Å². The molecule has 0 unspecified atom stereocenters. The van der Waals surface area contributed by atoms with Crippen LogP contribution < -0.4 is 0 Å². The van der Waals surface area contributed by atoms with E-state index < -0.39 is 0 Å². The lowest BCUT2D eigenvalue weighted by molar-refractivity contribution is 1.18. The number of thiophene rings is 1. The van der Waals surface area contributed by atoms with Gasteiger partial charge in [-0.2, -0.15) is 0 Å². The van der Waals surface area contributed by atoms with E-state index in [1.165, 1.54) is 43.0 Å². The van der Waals surface area contributed by atoms with Crippen LogP contribution in [0, 0.1) is 0 Å². The first kappa shape index (κ1) is 25.0. The van der Waals surface area contributed by atoms with Crippen LogP contribution in [0.4, 0.5) is 0 Å². The second-order valence-electron chi connectivity index (χ2n) is 11.0. The fourth-order valence-electron chi connectivity index (χ4n) is 6.36. The first-order valence-electron chi connectivity index (χ1n) is 14.8. The lowest BCUT2D eigenvalue weighted by atomic mass is 10.0. The normalized spacial score (nSPS) is 11.6. The summed E-state index contributed by atoms with van der Waals surface area (Å²) in [6.45, 7) is 0. The topological polar surface area (TPSA) is 30.7 Å². The third kappa shape index (κ3) is 3.96. The van der Waals surface area contributed by atoms with Gasteiger partial charge in [-0.3, -0.25) is 0 Å². The molecule has 3 heterocycles. The van der Waals surface area contributed by atoms with Gasteiger partial charge < -0.3 is 4.57 Å². The Morgan fingerprint density at radius 1 is 0.455 bits per heavy atom. The maximum absolute atomic E-state index is 5.23. The van der Waals surface area contributed by atoms with Crippen molar-refractivity contribution in [3.8, 4) is 39.5 Å². The first-order valence-corrected chi connectivity index (χ1v) is 15.6. The monoisotopic (exact) mass is 579 g/mol. The van der Waals surface area contributed by atoms with Crippen molar-refractivity contribution in [1.29, 1.82) is 0 Å². The molecule has 4 heteroatoms. The molecule has 44 heavy (non-hydrogen) atoms. The van der Waals surface area contributed by atoms with Crippen LogP contribution in [-0.2, 0) is 0 Å². The molecule has 0 bridgehead atoms. The summed E-state index contributed by atoms with van der Waals surface area (Å²) in [6, 6.07) is 53.7. The number of aromatic nitrogens is 3. The van der Waals surface area contributed by atoms with Gasteiger partial charge in [-0.25, -0.2) is 9.97 Å². The fraction of sp³-hybridized carbons (Fsp3) is 0. The number of rotatable bonds is 4. The van der Waals surface area contributed by atoms with Gasteiger partial charge in [-0.05, 0) is 47.5 Å². The Kier molecular flexibility index (Phi) is 5.68. The van der Waals surface area contributed by atoms with Gasteiger partial charge in [-0.15, -0.1) is 11.3 Å². The van der Waals surface area contributed by atoms with Gasteiger partial charge in [0, 0.05) is 37.7 Å². The highest BCUT2D eigenvalue weighted by atomic mass is 32.1. The molecule has 0 spiro atoms. The maximum atomic E-state index is 5.23. The molecule has 3 aromatic heterocycles. The summed E-state index contributed by atoms with van der Waals surface area (Å²) in [4.78, 5) is 10.3. The number of benzene rings is 6. The van der Waals surface area contributed by atoms with Crippen molar-refractivity contribution < 1.29 is 0 Å². The second-order valence-corrected chi connectivity index (χ2v) is 12.1. The molecule has 0 saturated heterocycles. The zero-order valence-corrected chi connectivity index (χ0v) is 24.5. The molecule has 0 fully saturated rings. The molecule has 0 atom stereocenters. The molecular formula is C40H25N3S. The van der Waals surface area contributed by atoms with Crippen molar-refractivity contribution in [2.24, 2.45) is 0 Å². The van der Waals surface area contributed by atoms with Gasteiger partial charge in [-0.1, -0.05) is 115 Å². The summed E-state index contributed by atoms with van der Waals surface area (Å²) in [5, 5.41) is 3.60. The Hall–Kier alpha value is -5.58. The summed E-state index contributed by atoms with van der Waals surface area (Å²) in [6.07, 6.45) is 0. The largest absolute Gasteiger partial charge is 0.309 e. The molecule has 0 amide bonds. The Labute approximate surface area is 258 Å². The lowest BCUT2D eigenvalue weighted by Gasteiger charge is -2.11. The van der Waals surface area contributed by atoms with Crippen LogP contribution in [0.2, 0.25) is 0 Å². The molecule has 3 nitrogen and oxygen atoms in total. The minimum Gasteiger partial charge on any atom is -0.309 e. The zero-order chi connectivity index (χ0) is 29.0. The van der Waals surface area contributed by atoms with Gasteiger partial charge in [0.25, 0.3) is 0 Å². The quantitative estimate of drug-likeness (QED) is 0.208. The smallest absolute Gasteiger partial charge is 0.160 e. The van der Waals surface area contributed by atoms with Crippen LogP contribution in [0.5, 0.6) is 0 Å². The Balaban J connectivity index is 1.29. The molecule has 0 aliphatic carbocycles. The average molecular weight is 580 g/mol. The van der Waals surface area contributed by atoms with Crippen molar-refractivity contribution in [3.63, 3.8) is 0 Å². The summed E-state index contributed by atoms with van der Waals surface area (Å²) >= 11 is 1.77. The minimum absolute atomic E-state index is 0.747. The van der Waals surface area contributed by atoms with Gasteiger partial charge in [0.05, 0.1) is 26.9 Å². The standard InChI is InChI=1S/C40H25N3S/c1-3-12-26(13-4-1)28-16-11-17-30(24-28)43-34-20-9-7-18-31(34)33-25-29(22-23-35(33)43)37-39-38(32-19-8-10-21-36(32)44-39)42-40(41-37)27-14-5-2-6-15-27/h1-25H. The van der Waals surface area contributed by atoms with E-state index in [0.29, 0.717) is 0 Å². The highest BCUT2D eigenvalue weighted by Gasteiger charge is 2.19. The third-order valence-corrected chi connectivity index (χ3v) is 9.58. The van der Waals surface area contributed by atoms with Crippen molar-refractivity contribution >= 4 is 53.4 Å². The second kappa shape index (κ2) is 10.0. The summed E-state index contributed by atoms with van der Waals surface area (Å²) in [7, 11) is 0. The van der Waals surface area contributed by atoms with Crippen LogP contribution >= 0.6 is 11.3 Å². The van der Waals surface area contributed by atoms with Crippen molar-refractivity contribution in [1.82, 2.24) is 14.5 Å². The van der Waals surface area contributed by atoms with E-state index in [1.54, 1.807) is 11.3 Å². The van der Waals surface area contributed by atoms with Crippen molar-refractivity contribution in [3.05, 3.63) is 152 Å². The molecule has 0 aliphatic heterocycles. The van der Waals surface area contributed by atoms with Crippen LogP contribution in [0.25, 0.3) is 81.6 Å². The number of nitrogens with zero attached hydrogens (tertiary/aromatic N) is 3. The van der Waals surface area contributed by atoms with Crippen LogP contribution in [0.15, 0.2) is 152 Å². The minimum atomic E-state index is 0.747. The zero-order valence-electron chi connectivity index (χ0n) is 23.7. The number of fused-ring (bicyclic) bond motifs is 6. The molecule has 9 rings (SSSR count). The predicted molar refractivity (Wildman–Crippen MR) is 186 cm³/mol. The fourth-order valence-corrected chi connectivity index (χ4v) is 7.51. The van der Waals surface area contributed by atoms with E-state index in [0.717, 1.165) is 38.5 Å². The Bertz CT molecular complexity index is 2490. The molecule has 206 valence electrons. The maximum Gasteiger partial charge on any atom is 0.160 e. The number of para-hydroxylation sites is 1. The molecule has 6 aromatic carbocycles. The van der Waals surface area contributed by atoms with Crippen LogP contribution in [0.1, 0.15) is 0 Å². The molecular weight excluding hydrogens is 555 g/mol. The van der Waals surface area contributed by atoms with Gasteiger partial charge >= 0.3 is 0 Å². The molecule has 0 N–H and O–H groups in total. The average Bonchev–Trinajstić information content (AvgIpc) is 3.64. The van der Waals surface area contributed by atoms with Crippen LogP contribution in [-0.4, -0.2) is 14.5 Å². The Morgan fingerprint density at radius 3 is 1.98 bits per heavy atom. The van der Waals surface area contributed by atoms with Crippen molar-refractivity contribution in [2.45, 2.75) is 0 Å². The number of hydrogen-bond donors (Lipinski definition) is 0. The summed E-state index contributed by atoms with van der Waals surface area (Å²) in [5.74, 6) is 0.747. The van der Waals surface area contributed by atoms with Crippen molar-refractivity contribution in [2.75, 3.05) is 0 Å². The highest BCUT2D eigenvalue weighted by molar-refractivity contribution is 7.26. The molecule has 0 saturated carbocycles. The predicted octanol–water partition coefficient (Wildman–Crippen LogP) is 10.9. The first-order chi connectivity index (χ1) is 21.8. The summed E-state index contributed by atoms with van der Waals surface area (Å²) < 4.78 is 4.72. The molecule has 0 aliphatic rings. The van der Waals surface area contributed by atoms with Gasteiger partial charge in [0.15, 0.2) is 5.82 Å². The highest BCUT2D eigenvalue weighted by Crippen LogP contribution is 2.41. The van der Waals surface area contributed by atoms with Crippen LogP contribution in [0.3, 0.4) is 0 Å². The van der Waals surface area contributed by atoms with E-state index in [2.05, 4.69) is 138 Å². The molecule has 0 radical (unpaired) electrons. The summed E-state index contributed by atoms with van der Waals surface area (Å²) in [5.41, 5.74) is 10.0. The van der Waals surface area contributed by atoms with Gasteiger partial charge in [0.1, 0.15) is 0 Å². The van der Waals surface area contributed by atoms with E-state index in [1.807, 2.05) is 18.2 Å². The van der Waals surface area contributed by atoms with E-state index in [4.69, 9.17) is 9.97 Å². The van der Waals surface area contributed by atoms with E-state index >= 15 is 0 Å². The SMILES string of the molecule is c1ccc(-c2cccc(-n3c4ccccc4c4cc(-c5nc(-c6ccccc6)nc6c5sc5ccccc56)ccc43)c2)cc1. The van der Waals surface area contributed by atoms with E-state index in [9.17, 15) is 0 Å².